The largest absolute Gasteiger partial charge is 0.355 e. The molecule has 0 spiro atoms. The lowest BCUT2D eigenvalue weighted by atomic mass is 10.1. The number of pyridine rings is 1. The van der Waals surface area contributed by atoms with Gasteiger partial charge in [-0.3, -0.25) is 4.98 Å². The zero-order valence-corrected chi connectivity index (χ0v) is 15.3. The summed E-state index contributed by atoms with van der Waals surface area (Å²) < 4.78 is 33.3. The monoisotopic (exact) mass is 375 g/mol. The summed E-state index contributed by atoms with van der Waals surface area (Å²) in [5.74, 6) is 0.581. The van der Waals surface area contributed by atoms with Gasteiger partial charge in [0.2, 0.25) is 10.0 Å². The highest BCUT2D eigenvalue weighted by Crippen LogP contribution is 2.40. The Hall–Kier alpha value is -2.03. The van der Waals surface area contributed by atoms with Crippen LogP contribution in [0.3, 0.4) is 0 Å². The number of hydrogen-bond donors (Lipinski definition) is 0. The lowest BCUT2D eigenvalue weighted by molar-refractivity contribution is 0.390. The van der Waals surface area contributed by atoms with Crippen LogP contribution in [0, 0.1) is 6.92 Å². The first kappa shape index (κ1) is 16.4. The Bertz CT molecular complexity index is 966. The van der Waals surface area contributed by atoms with E-state index in [4.69, 9.17) is 4.52 Å². The summed E-state index contributed by atoms with van der Waals surface area (Å²) in [7, 11) is -3.60. The van der Waals surface area contributed by atoms with Crippen molar-refractivity contribution in [2.45, 2.75) is 30.7 Å². The number of nitrogens with zero attached hydrogens (tertiary/aromatic N) is 3. The van der Waals surface area contributed by atoms with Crippen LogP contribution in [-0.4, -0.2) is 29.4 Å². The molecule has 1 aliphatic heterocycles. The van der Waals surface area contributed by atoms with E-state index in [0.29, 0.717) is 17.2 Å². The number of sulfonamides is 1. The van der Waals surface area contributed by atoms with Crippen LogP contribution in [-0.2, 0) is 10.0 Å². The van der Waals surface area contributed by atoms with Crippen LogP contribution >= 0.6 is 11.3 Å². The fourth-order valence-electron chi connectivity index (χ4n) is 3.21. The lowest BCUT2D eigenvalue weighted by Gasteiger charge is -2.23. The number of rotatable bonds is 4. The highest BCUT2D eigenvalue weighted by Gasteiger charge is 2.38. The minimum Gasteiger partial charge on any atom is -0.355 e. The number of thiophene rings is 1. The van der Waals surface area contributed by atoms with Gasteiger partial charge in [-0.05, 0) is 38.0 Å². The maximum absolute atomic E-state index is 13.3. The zero-order chi connectivity index (χ0) is 17.4. The Morgan fingerprint density at radius 3 is 2.88 bits per heavy atom. The Balaban J connectivity index is 1.72. The van der Waals surface area contributed by atoms with Gasteiger partial charge in [-0.1, -0.05) is 11.2 Å². The van der Waals surface area contributed by atoms with Crippen molar-refractivity contribution in [3.8, 4) is 10.6 Å². The Labute approximate surface area is 150 Å². The van der Waals surface area contributed by atoms with Crippen molar-refractivity contribution < 1.29 is 12.9 Å². The summed E-state index contributed by atoms with van der Waals surface area (Å²) in [4.78, 5) is 6.21. The fourth-order valence-corrected chi connectivity index (χ4v) is 6.40. The molecule has 0 aromatic carbocycles. The van der Waals surface area contributed by atoms with Gasteiger partial charge < -0.3 is 4.52 Å². The molecule has 1 unspecified atom stereocenters. The van der Waals surface area contributed by atoms with Gasteiger partial charge in [0.1, 0.15) is 0 Å². The van der Waals surface area contributed by atoms with E-state index >= 15 is 0 Å². The molecule has 0 N–H and O–H groups in total. The average molecular weight is 375 g/mol. The quantitative estimate of drug-likeness (QED) is 0.696. The third kappa shape index (κ3) is 2.90. The van der Waals surface area contributed by atoms with Crippen molar-refractivity contribution in [1.82, 2.24) is 14.4 Å². The van der Waals surface area contributed by atoms with E-state index in [1.165, 1.54) is 11.3 Å². The van der Waals surface area contributed by atoms with E-state index < -0.39 is 10.0 Å². The molecule has 8 heteroatoms. The van der Waals surface area contributed by atoms with Crippen molar-refractivity contribution in [2.75, 3.05) is 6.54 Å². The molecule has 0 saturated carbocycles. The van der Waals surface area contributed by atoms with Gasteiger partial charge in [-0.15, -0.1) is 11.3 Å². The molecule has 6 nitrogen and oxygen atoms in total. The van der Waals surface area contributed by atoms with Crippen molar-refractivity contribution >= 4 is 21.4 Å². The first-order chi connectivity index (χ1) is 12.1. The van der Waals surface area contributed by atoms with Crippen molar-refractivity contribution in [2.24, 2.45) is 0 Å². The van der Waals surface area contributed by atoms with Gasteiger partial charge in [0.15, 0.2) is 5.76 Å². The summed E-state index contributed by atoms with van der Waals surface area (Å²) in [5.41, 5.74) is 0.798. The second-order valence-corrected chi connectivity index (χ2v) is 9.05. The van der Waals surface area contributed by atoms with E-state index in [-0.39, 0.29) is 6.04 Å². The van der Waals surface area contributed by atoms with Gasteiger partial charge in [-0.25, -0.2) is 8.42 Å². The summed E-state index contributed by atoms with van der Waals surface area (Å²) in [6.07, 6.45) is 4.87. The van der Waals surface area contributed by atoms with E-state index in [2.05, 4.69) is 10.1 Å². The minimum atomic E-state index is -3.60. The Morgan fingerprint density at radius 2 is 2.16 bits per heavy atom. The second kappa shape index (κ2) is 6.36. The topological polar surface area (TPSA) is 76.3 Å². The van der Waals surface area contributed by atoms with Gasteiger partial charge >= 0.3 is 0 Å². The number of aromatic nitrogens is 2. The molecular formula is C17H17N3O3S2. The molecule has 0 aliphatic carbocycles. The van der Waals surface area contributed by atoms with Crippen LogP contribution in [0.4, 0.5) is 0 Å². The third-order valence-corrected chi connectivity index (χ3v) is 7.60. The van der Waals surface area contributed by atoms with E-state index in [0.717, 1.165) is 28.3 Å². The van der Waals surface area contributed by atoms with Crippen LogP contribution in [0.2, 0.25) is 0 Å². The van der Waals surface area contributed by atoms with Gasteiger partial charge in [0.25, 0.3) is 0 Å². The SMILES string of the molecule is Cc1sc(-c2ccno2)cc1S(=O)(=O)N1CCCC1c1ccccn1. The van der Waals surface area contributed by atoms with E-state index in [1.807, 2.05) is 25.1 Å². The maximum Gasteiger partial charge on any atom is 0.244 e. The van der Waals surface area contributed by atoms with Crippen LogP contribution in [0.1, 0.15) is 29.5 Å². The normalized spacial score (nSPS) is 18.7. The molecule has 25 heavy (non-hydrogen) atoms. The minimum absolute atomic E-state index is 0.209. The van der Waals surface area contributed by atoms with Crippen LogP contribution in [0.5, 0.6) is 0 Å². The van der Waals surface area contributed by atoms with E-state index in [9.17, 15) is 8.42 Å². The van der Waals surface area contributed by atoms with Crippen molar-refractivity contribution in [1.29, 1.82) is 0 Å². The average Bonchev–Trinajstić information content (AvgIpc) is 3.35. The molecule has 130 valence electrons. The number of hydrogen-bond acceptors (Lipinski definition) is 6. The van der Waals surface area contributed by atoms with E-state index in [1.54, 1.807) is 28.8 Å². The molecule has 3 aromatic rings. The second-order valence-electron chi connectivity index (χ2n) is 5.94. The molecule has 0 bridgehead atoms. The predicted molar refractivity (Wildman–Crippen MR) is 94.7 cm³/mol. The number of aryl methyl sites for hydroxylation is 1. The predicted octanol–water partition coefficient (Wildman–Crippen LogP) is 3.63. The van der Waals surface area contributed by atoms with Gasteiger partial charge in [0.05, 0.1) is 27.7 Å². The summed E-state index contributed by atoms with van der Waals surface area (Å²) in [6.45, 7) is 2.33. The van der Waals surface area contributed by atoms with Crippen molar-refractivity contribution in [3.63, 3.8) is 0 Å². The highest BCUT2D eigenvalue weighted by molar-refractivity contribution is 7.89. The molecule has 3 aromatic heterocycles. The standard InChI is InChI=1S/C17H17N3O3S2/c1-12-17(11-16(24-12)15-7-9-19-23-15)25(21,22)20-10-4-6-14(20)13-5-2-3-8-18-13/h2-3,5,7-9,11,14H,4,6,10H2,1H3. The molecule has 4 rings (SSSR count). The molecule has 1 fully saturated rings. The molecule has 4 heterocycles. The molecule has 1 atom stereocenters. The molecular weight excluding hydrogens is 358 g/mol. The maximum atomic E-state index is 13.3. The first-order valence-corrected chi connectivity index (χ1v) is 10.3. The zero-order valence-electron chi connectivity index (χ0n) is 13.6. The summed E-state index contributed by atoms with van der Waals surface area (Å²) in [6, 6.07) is 8.82. The Morgan fingerprint density at radius 1 is 1.28 bits per heavy atom. The highest BCUT2D eigenvalue weighted by atomic mass is 32.2. The smallest absolute Gasteiger partial charge is 0.244 e. The fraction of sp³-hybridized carbons (Fsp3) is 0.294. The summed E-state index contributed by atoms with van der Waals surface area (Å²) in [5, 5.41) is 3.69. The molecule has 1 saturated heterocycles. The first-order valence-electron chi connectivity index (χ1n) is 8.01. The third-order valence-electron chi connectivity index (χ3n) is 4.37. The van der Waals surface area contributed by atoms with Crippen LogP contribution in [0.25, 0.3) is 10.6 Å². The van der Waals surface area contributed by atoms with Crippen LogP contribution in [0.15, 0.2) is 52.1 Å². The lowest BCUT2D eigenvalue weighted by Crippen LogP contribution is -2.31. The molecule has 0 amide bonds. The molecule has 1 aliphatic rings. The Kier molecular flexibility index (Phi) is 4.18. The van der Waals surface area contributed by atoms with Gasteiger partial charge in [0, 0.05) is 23.7 Å². The van der Waals surface area contributed by atoms with Gasteiger partial charge in [-0.2, -0.15) is 4.31 Å². The summed E-state index contributed by atoms with van der Waals surface area (Å²) >= 11 is 1.40. The van der Waals surface area contributed by atoms with Crippen LogP contribution < -0.4 is 0 Å². The van der Waals surface area contributed by atoms with Crippen molar-refractivity contribution in [3.05, 3.63) is 53.3 Å². The molecule has 0 radical (unpaired) electrons.